The van der Waals surface area contributed by atoms with Crippen LogP contribution in [0.15, 0.2) is 50.1 Å². The first kappa shape index (κ1) is 50.5. The Kier molecular flexibility index (Phi) is 22.7. The predicted octanol–water partition coefficient (Wildman–Crippen LogP) is 10.8. The maximum atomic E-state index is 12.7. The minimum absolute atomic E-state index is 0.00414. The Morgan fingerprint density at radius 1 is 1.04 bits per heavy atom. The number of ketones is 1. The number of halogens is 7. The van der Waals surface area contributed by atoms with Crippen molar-refractivity contribution in [3.05, 3.63) is 61.5 Å². The van der Waals surface area contributed by atoms with Gasteiger partial charge in [0.1, 0.15) is 17.2 Å². The van der Waals surface area contributed by atoms with Crippen LogP contribution in [0.3, 0.4) is 0 Å². The number of carbonyl (C=O) groups excluding carboxylic acids is 3. The van der Waals surface area contributed by atoms with Crippen LogP contribution >= 0.6 is 94.0 Å². The number of ether oxygens (including phenoxy) is 2. The van der Waals surface area contributed by atoms with E-state index < -0.39 is 10.8 Å². The van der Waals surface area contributed by atoms with Gasteiger partial charge in [-0.1, -0.05) is 38.3 Å². The maximum Gasteiger partial charge on any atom is 0.410 e. The van der Waals surface area contributed by atoms with E-state index >= 15 is 0 Å². The number of Topliss-reactive ketones (excluding diaryl/α,β-unsaturated/α-hetero) is 1. The summed E-state index contributed by atoms with van der Waals surface area (Å²) in [7, 11) is 0. The number of aromatic nitrogens is 2. The van der Waals surface area contributed by atoms with Crippen LogP contribution in [0.4, 0.5) is 10.5 Å². The Balaban J connectivity index is 0.000000284. The van der Waals surface area contributed by atoms with Gasteiger partial charge in [-0.05, 0) is 136 Å². The van der Waals surface area contributed by atoms with Crippen LogP contribution in [0.2, 0.25) is 0 Å². The van der Waals surface area contributed by atoms with E-state index in [4.69, 9.17) is 33.7 Å². The van der Waals surface area contributed by atoms with Gasteiger partial charge in [0.2, 0.25) is 0 Å². The molecule has 3 aromatic rings. The van der Waals surface area contributed by atoms with Gasteiger partial charge in [-0.15, -0.1) is 23.2 Å². The number of alkyl halides is 2. The lowest BCUT2D eigenvalue weighted by Gasteiger charge is -2.36. The molecule has 0 radical (unpaired) electrons. The van der Waals surface area contributed by atoms with Gasteiger partial charge in [-0.25, -0.2) is 9.78 Å². The Morgan fingerprint density at radius 3 is 2.25 bits per heavy atom. The Morgan fingerprint density at radius 2 is 1.68 bits per heavy atom. The van der Waals surface area contributed by atoms with Crippen molar-refractivity contribution in [3.63, 3.8) is 0 Å². The molecule has 2 aromatic carbocycles. The first-order valence-electron chi connectivity index (χ1n) is 17.7. The van der Waals surface area contributed by atoms with Crippen LogP contribution < -0.4 is 21.3 Å². The molecule has 3 heterocycles. The number of fused-ring (bicyclic) bond motifs is 1. The minimum atomic E-state index is -3.22. The van der Waals surface area contributed by atoms with Crippen molar-refractivity contribution < 1.29 is 28.4 Å². The summed E-state index contributed by atoms with van der Waals surface area (Å²) < 4.78 is 23.0. The normalized spacial score (nSPS) is 16.9. The molecular formula is C36H47Br2Cl5N5O7P. The van der Waals surface area contributed by atoms with Crippen molar-refractivity contribution in [2.24, 2.45) is 0 Å². The standard InChI is InChI=1S/C15H17BrClN3O.C14H24ClNO3.C7H6BrNO2.Cl3OP/c16-10-4-5-12-13(7-10)19-14(8-17)20(15(12)21)9-11-3-1-2-6-18-11;1-14(2,3)19-13(18)16-9-5-4-6-11(16)7-8-12(17)10-15;8-5-1-2-7(11-4-10)6(9)3-5;1-5(2,3)4/h4-5,7,11,18H,1-3,6,8-9H2;11H,4-10H2,1-3H3;1-4H,9H2;. The number of benzene rings is 2. The number of likely N-dealkylation sites (tertiary alicyclic amines) is 1. The summed E-state index contributed by atoms with van der Waals surface area (Å²) >= 11 is 32.0. The van der Waals surface area contributed by atoms with Crippen LogP contribution in [-0.2, 0) is 31.3 Å². The number of carbonyl (C=O) groups is 3. The van der Waals surface area contributed by atoms with Crippen LogP contribution in [-0.4, -0.2) is 69.5 Å². The third-order valence-corrected chi connectivity index (χ3v) is 9.76. The fourth-order valence-corrected chi connectivity index (χ4v) is 6.83. The molecule has 2 aliphatic heterocycles. The highest BCUT2D eigenvalue weighted by Gasteiger charge is 2.30. The minimum Gasteiger partial charge on any atom is -0.444 e. The monoisotopic (exact) mass is 1030 g/mol. The number of hydrogen-bond acceptors (Lipinski definition) is 10. The largest absolute Gasteiger partial charge is 0.444 e. The molecular weight excluding hydrogens is 982 g/mol. The van der Waals surface area contributed by atoms with E-state index in [9.17, 15) is 23.7 Å². The molecule has 0 spiro atoms. The van der Waals surface area contributed by atoms with Gasteiger partial charge >= 0.3 is 11.3 Å². The van der Waals surface area contributed by atoms with Gasteiger partial charge in [0.25, 0.3) is 12.0 Å². The van der Waals surface area contributed by atoms with Crippen molar-refractivity contribution in [2.45, 2.75) is 102 Å². The van der Waals surface area contributed by atoms with E-state index in [1.807, 2.05) is 39.0 Å². The quantitative estimate of drug-likeness (QED) is 0.0913. The van der Waals surface area contributed by atoms with Gasteiger partial charge in [0.05, 0.1) is 28.4 Å². The van der Waals surface area contributed by atoms with E-state index in [1.165, 1.54) is 12.8 Å². The number of nitrogens with two attached hydrogens (primary N) is 1. The average Bonchev–Trinajstić information content (AvgIpc) is 3.12. The van der Waals surface area contributed by atoms with E-state index in [0.717, 1.165) is 41.2 Å². The third-order valence-electron chi connectivity index (χ3n) is 8.24. The number of nitrogens with zero attached hydrogens (tertiary/aromatic N) is 3. The molecule has 3 N–H and O–H groups in total. The molecule has 2 unspecified atom stereocenters. The van der Waals surface area contributed by atoms with E-state index in [0.29, 0.717) is 66.6 Å². The van der Waals surface area contributed by atoms with Crippen molar-refractivity contribution in [1.82, 2.24) is 19.8 Å². The summed E-state index contributed by atoms with van der Waals surface area (Å²) in [5.74, 6) is 1.35. The van der Waals surface area contributed by atoms with Gasteiger partial charge in [0, 0.05) is 40.5 Å². The number of piperidine rings is 2. The Bertz CT molecular complexity index is 1850. The highest BCUT2D eigenvalue weighted by molar-refractivity contribution is 9.10. The van der Waals surface area contributed by atoms with Crippen molar-refractivity contribution >= 4 is 129 Å². The molecule has 5 rings (SSSR count). The summed E-state index contributed by atoms with van der Waals surface area (Å²) in [6, 6.07) is 11.0. The molecule has 20 heteroatoms. The summed E-state index contributed by atoms with van der Waals surface area (Å²) in [6.45, 7) is 8.31. The second-order valence-electron chi connectivity index (χ2n) is 13.7. The summed E-state index contributed by atoms with van der Waals surface area (Å²) in [4.78, 5) is 52.4. The number of nitrogens with one attached hydrogen (secondary N) is 1. The summed E-state index contributed by atoms with van der Waals surface area (Å²) in [5.41, 5.74) is 6.14. The van der Waals surface area contributed by atoms with Crippen LogP contribution in [0.25, 0.3) is 10.9 Å². The van der Waals surface area contributed by atoms with Gasteiger partial charge < -0.3 is 25.4 Å². The number of amides is 1. The molecule has 12 nitrogen and oxygen atoms in total. The fraction of sp³-hybridized carbons (Fsp3) is 0.528. The zero-order chi connectivity index (χ0) is 42.1. The van der Waals surface area contributed by atoms with Gasteiger partial charge in [-0.2, -0.15) is 0 Å². The molecule has 0 bridgehead atoms. The Labute approximate surface area is 368 Å². The SMILES string of the molecule is CC(C)(C)OC(=O)N1CCCCC1CCC(=O)CCl.Nc1cc(Br)ccc1OC=O.O=P(Cl)(Cl)Cl.O=c1c2ccc(Br)cc2nc(CCl)n1CC1CCCCN1. The third kappa shape index (κ3) is 19.4. The lowest BCUT2D eigenvalue weighted by molar-refractivity contribution is -0.120. The summed E-state index contributed by atoms with van der Waals surface area (Å²) in [5, 5.41) is 0.885. The van der Waals surface area contributed by atoms with E-state index in [2.05, 4.69) is 80.6 Å². The molecule has 0 aliphatic carbocycles. The first-order chi connectivity index (χ1) is 26.3. The lowest BCUT2D eigenvalue weighted by atomic mass is 9.97. The molecule has 0 saturated carbocycles. The molecule has 1 aromatic heterocycles. The Hall–Kier alpha value is -1.61. The lowest BCUT2D eigenvalue weighted by Crippen LogP contribution is -2.46. The second-order valence-corrected chi connectivity index (χ2v) is 22.7. The summed E-state index contributed by atoms with van der Waals surface area (Å²) in [6.07, 6.45) is 7.39. The molecule has 2 saturated heterocycles. The molecule has 312 valence electrons. The first-order valence-corrected chi connectivity index (χ1v) is 24.7. The van der Waals surface area contributed by atoms with Crippen LogP contribution in [0, 0.1) is 0 Å². The molecule has 56 heavy (non-hydrogen) atoms. The number of anilines is 1. The fourth-order valence-electron chi connectivity index (χ4n) is 5.77. The molecule has 2 fully saturated rings. The average molecular weight is 1030 g/mol. The predicted molar refractivity (Wildman–Crippen MR) is 235 cm³/mol. The van der Waals surface area contributed by atoms with Crippen molar-refractivity contribution in [1.29, 1.82) is 0 Å². The number of rotatable bonds is 9. The molecule has 2 aliphatic rings. The smallest absolute Gasteiger partial charge is 0.410 e. The van der Waals surface area contributed by atoms with Crippen LogP contribution in [0.1, 0.15) is 78.0 Å². The highest BCUT2D eigenvalue weighted by Crippen LogP contribution is 2.61. The molecule has 2 atom stereocenters. The van der Waals surface area contributed by atoms with E-state index in [-0.39, 0.29) is 35.2 Å². The van der Waals surface area contributed by atoms with Crippen molar-refractivity contribution in [2.75, 3.05) is 24.7 Å². The zero-order valence-electron chi connectivity index (χ0n) is 31.3. The number of hydrogen-bond donors (Lipinski definition) is 2. The van der Waals surface area contributed by atoms with Crippen molar-refractivity contribution in [3.8, 4) is 5.75 Å². The van der Waals surface area contributed by atoms with Crippen LogP contribution in [0.5, 0.6) is 5.75 Å². The zero-order valence-corrected chi connectivity index (χ0v) is 39.1. The van der Waals surface area contributed by atoms with Gasteiger partial charge in [-0.3, -0.25) is 23.5 Å². The molecule has 1 amide bonds. The topological polar surface area (TPSA) is 163 Å². The van der Waals surface area contributed by atoms with E-state index in [1.54, 1.807) is 27.7 Å². The number of nitrogen functional groups attached to an aromatic ring is 1. The highest BCUT2D eigenvalue weighted by atomic mass is 79.9. The second kappa shape index (κ2) is 25.1. The van der Waals surface area contributed by atoms with Gasteiger partial charge in [0.15, 0.2) is 5.75 Å². The maximum absolute atomic E-state index is 12.7.